The molecule has 0 radical (unpaired) electrons. The Morgan fingerprint density at radius 2 is 1.54 bits per heavy atom. The van der Waals surface area contributed by atoms with Gasteiger partial charge in [-0.25, -0.2) is 4.39 Å². The first-order valence-corrected chi connectivity index (χ1v) is 6.82. The lowest BCUT2D eigenvalue weighted by molar-refractivity contribution is -0.274. The minimum Gasteiger partial charge on any atom is -0.481 e. The number of halogens is 4. The van der Waals surface area contributed by atoms with Gasteiger partial charge in [0.25, 0.3) is 5.91 Å². The molecule has 0 aliphatic rings. The highest BCUT2D eigenvalue weighted by Gasteiger charge is 2.31. The van der Waals surface area contributed by atoms with Crippen LogP contribution in [0, 0.1) is 5.82 Å². The fourth-order valence-electron chi connectivity index (χ4n) is 1.75. The molecule has 0 heterocycles. The Labute approximate surface area is 135 Å². The highest BCUT2D eigenvalue weighted by atomic mass is 19.4. The van der Waals surface area contributed by atoms with Crippen molar-refractivity contribution in [3.05, 3.63) is 54.3 Å². The van der Waals surface area contributed by atoms with E-state index in [2.05, 4.69) is 10.1 Å². The number of rotatable bonds is 5. The third-order valence-electron chi connectivity index (χ3n) is 2.85. The van der Waals surface area contributed by atoms with Gasteiger partial charge in [-0.05, 0) is 55.5 Å². The smallest absolute Gasteiger partial charge is 0.481 e. The molecular weight excluding hydrogens is 330 g/mol. The maximum atomic E-state index is 12.8. The molecule has 8 heteroatoms. The molecule has 0 aliphatic heterocycles. The zero-order chi connectivity index (χ0) is 17.7. The van der Waals surface area contributed by atoms with Crippen molar-refractivity contribution in [3.63, 3.8) is 0 Å². The van der Waals surface area contributed by atoms with Crippen LogP contribution in [0.25, 0.3) is 0 Å². The maximum Gasteiger partial charge on any atom is 0.573 e. The van der Waals surface area contributed by atoms with E-state index in [0.717, 1.165) is 12.1 Å². The summed E-state index contributed by atoms with van der Waals surface area (Å²) in [5.41, 5.74) is 0.282. The van der Waals surface area contributed by atoms with Crippen LogP contribution >= 0.6 is 0 Å². The molecule has 2 aromatic rings. The quantitative estimate of drug-likeness (QED) is 0.831. The molecule has 0 fully saturated rings. The van der Waals surface area contributed by atoms with Crippen LogP contribution in [0.4, 0.5) is 23.2 Å². The van der Waals surface area contributed by atoms with Crippen LogP contribution in [-0.2, 0) is 4.79 Å². The Balaban J connectivity index is 1.92. The Bertz CT molecular complexity index is 684. The summed E-state index contributed by atoms with van der Waals surface area (Å²) in [6, 6.07) is 9.83. The number of alkyl halides is 3. The molecule has 2 rings (SSSR count). The number of amides is 1. The topological polar surface area (TPSA) is 47.6 Å². The average Bonchev–Trinajstić information content (AvgIpc) is 2.50. The molecule has 128 valence electrons. The van der Waals surface area contributed by atoms with E-state index < -0.39 is 29.9 Å². The molecule has 0 spiro atoms. The first kappa shape index (κ1) is 17.6. The van der Waals surface area contributed by atoms with E-state index in [1.807, 2.05) is 0 Å². The third kappa shape index (κ3) is 5.45. The fraction of sp³-hybridized carbons (Fsp3) is 0.188. The van der Waals surface area contributed by atoms with Crippen LogP contribution in [0.5, 0.6) is 11.5 Å². The van der Waals surface area contributed by atoms with Crippen LogP contribution in [0.15, 0.2) is 48.5 Å². The first-order chi connectivity index (χ1) is 11.2. The lowest BCUT2D eigenvalue weighted by atomic mass is 10.2. The second kappa shape index (κ2) is 7.20. The van der Waals surface area contributed by atoms with E-state index in [-0.39, 0.29) is 5.69 Å². The number of hydrogen-bond donors (Lipinski definition) is 1. The van der Waals surface area contributed by atoms with Crippen LogP contribution in [0.1, 0.15) is 6.92 Å². The molecule has 2 aromatic carbocycles. The Morgan fingerprint density at radius 3 is 2.08 bits per heavy atom. The third-order valence-corrected chi connectivity index (χ3v) is 2.85. The second-order valence-electron chi connectivity index (χ2n) is 4.78. The number of benzene rings is 2. The van der Waals surface area contributed by atoms with E-state index in [1.165, 1.54) is 43.3 Å². The van der Waals surface area contributed by atoms with Crippen LogP contribution in [-0.4, -0.2) is 18.4 Å². The fourth-order valence-corrected chi connectivity index (χ4v) is 1.75. The molecule has 1 atom stereocenters. The summed E-state index contributed by atoms with van der Waals surface area (Å²) >= 11 is 0. The Kier molecular flexibility index (Phi) is 5.28. The van der Waals surface area contributed by atoms with Crippen LogP contribution in [0.2, 0.25) is 0 Å². The monoisotopic (exact) mass is 343 g/mol. The number of anilines is 1. The summed E-state index contributed by atoms with van der Waals surface area (Å²) in [4.78, 5) is 12.0. The second-order valence-corrected chi connectivity index (χ2v) is 4.78. The molecule has 0 saturated heterocycles. The van der Waals surface area contributed by atoms with Crippen LogP contribution < -0.4 is 14.8 Å². The predicted molar refractivity (Wildman–Crippen MR) is 78.2 cm³/mol. The number of ether oxygens (including phenoxy) is 2. The Morgan fingerprint density at radius 1 is 1.00 bits per heavy atom. The highest BCUT2D eigenvalue weighted by Crippen LogP contribution is 2.24. The van der Waals surface area contributed by atoms with Gasteiger partial charge in [0.1, 0.15) is 17.3 Å². The summed E-state index contributed by atoms with van der Waals surface area (Å²) in [6.07, 6.45) is -5.66. The largest absolute Gasteiger partial charge is 0.573 e. The number of carbonyl (C=O) groups excluding carboxylic acids is 1. The minimum atomic E-state index is -4.78. The van der Waals surface area contributed by atoms with Crippen molar-refractivity contribution in [1.82, 2.24) is 0 Å². The van der Waals surface area contributed by atoms with Gasteiger partial charge in [0, 0.05) is 5.69 Å². The van der Waals surface area contributed by atoms with Gasteiger partial charge >= 0.3 is 6.36 Å². The van der Waals surface area contributed by atoms with E-state index in [9.17, 15) is 22.4 Å². The summed E-state index contributed by atoms with van der Waals surface area (Å²) in [7, 11) is 0. The highest BCUT2D eigenvalue weighted by molar-refractivity contribution is 5.94. The SMILES string of the molecule is C[C@@H](Oc1ccc(F)cc1)C(=O)Nc1ccc(OC(F)(F)F)cc1. The molecule has 0 aromatic heterocycles. The van der Waals surface area contributed by atoms with Crippen molar-refractivity contribution in [1.29, 1.82) is 0 Å². The van der Waals surface area contributed by atoms with Crippen molar-refractivity contribution in [2.75, 3.05) is 5.32 Å². The standard InChI is InChI=1S/C16H13F4NO3/c1-10(23-13-6-2-11(17)3-7-13)15(22)21-12-4-8-14(9-5-12)24-16(18,19)20/h2-10H,1H3,(H,21,22)/t10-/m1/s1. The van der Waals surface area contributed by atoms with Gasteiger partial charge in [-0.3, -0.25) is 4.79 Å². The molecule has 0 unspecified atom stereocenters. The van der Waals surface area contributed by atoms with Crippen molar-refractivity contribution in [3.8, 4) is 11.5 Å². The molecule has 1 N–H and O–H groups in total. The zero-order valence-electron chi connectivity index (χ0n) is 12.4. The lowest BCUT2D eigenvalue weighted by Crippen LogP contribution is -2.30. The summed E-state index contributed by atoms with van der Waals surface area (Å²) in [6.45, 7) is 1.49. The van der Waals surface area contributed by atoms with Gasteiger partial charge in [-0.1, -0.05) is 0 Å². The minimum absolute atomic E-state index is 0.282. The predicted octanol–water partition coefficient (Wildman–Crippen LogP) is 4.13. The number of nitrogens with one attached hydrogen (secondary N) is 1. The number of carbonyl (C=O) groups is 1. The van der Waals surface area contributed by atoms with E-state index in [4.69, 9.17) is 4.74 Å². The van der Waals surface area contributed by atoms with E-state index >= 15 is 0 Å². The summed E-state index contributed by atoms with van der Waals surface area (Å²) in [5.74, 6) is -1.02. The van der Waals surface area contributed by atoms with Crippen molar-refractivity contribution >= 4 is 11.6 Å². The van der Waals surface area contributed by atoms with Gasteiger partial charge in [-0.2, -0.15) is 0 Å². The average molecular weight is 343 g/mol. The summed E-state index contributed by atoms with van der Waals surface area (Å²) in [5, 5.41) is 2.49. The van der Waals surface area contributed by atoms with E-state index in [1.54, 1.807) is 0 Å². The van der Waals surface area contributed by atoms with Crippen molar-refractivity contribution in [2.45, 2.75) is 19.4 Å². The van der Waals surface area contributed by atoms with Gasteiger partial charge < -0.3 is 14.8 Å². The molecule has 4 nitrogen and oxygen atoms in total. The molecule has 1 amide bonds. The van der Waals surface area contributed by atoms with Crippen molar-refractivity contribution < 1.29 is 31.8 Å². The van der Waals surface area contributed by atoms with Crippen LogP contribution in [0.3, 0.4) is 0 Å². The molecule has 24 heavy (non-hydrogen) atoms. The van der Waals surface area contributed by atoms with E-state index in [0.29, 0.717) is 5.75 Å². The summed E-state index contributed by atoms with van der Waals surface area (Å²) < 4.78 is 58.0. The molecule has 0 bridgehead atoms. The normalized spacial score (nSPS) is 12.4. The van der Waals surface area contributed by atoms with Gasteiger partial charge in [0.05, 0.1) is 0 Å². The lowest BCUT2D eigenvalue weighted by Gasteiger charge is -2.15. The Hall–Kier alpha value is -2.77. The molecular formula is C16H13F4NO3. The van der Waals surface area contributed by atoms with Gasteiger partial charge in [0.2, 0.25) is 0 Å². The molecule has 0 saturated carbocycles. The van der Waals surface area contributed by atoms with Crippen molar-refractivity contribution in [2.24, 2.45) is 0 Å². The van der Waals surface area contributed by atoms with Gasteiger partial charge in [0.15, 0.2) is 6.10 Å². The first-order valence-electron chi connectivity index (χ1n) is 6.82. The van der Waals surface area contributed by atoms with Gasteiger partial charge in [-0.15, -0.1) is 13.2 Å². The zero-order valence-corrected chi connectivity index (χ0v) is 12.4. The number of hydrogen-bond acceptors (Lipinski definition) is 3. The molecule has 0 aliphatic carbocycles. The maximum absolute atomic E-state index is 12.8.